The van der Waals surface area contributed by atoms with E-state index in [1.165, 1.54) is 0 Å². The lowest BCUT2D eigenvalue weighted by Crippen LogP contribution is -2.43. The first-order valence-electron chi connectivity index (χ1n) is 5.34. The minimum absolute atomic E-state index is 0.369. The molecule has 4 N–H and O–H groups in total. The predicted molar refractivity (Wildman–Crippen MR) is 64.3 cm³/mol. The topological polar surface area (TPSA) is 102 Å². The summed E-state index contributed by atoms with van der Waals surface area (Å²) >= 11 is 0. The van der Waals surface area contributed by atoms with Crippen LogP contribution in [0.3, 0.4) is 0 Å². The summed E-state index contributed by atoms with van der Waals surface area (Å²) in [5, 5.41) is 20.6. The highest BCUT2D eigenvalue weighted by Gasteiger charge is 2.20. The Labute approximate surface area is 102 Å². The molecule has 0 aliphatic heterocycles. The third-order valence-electron chi connectivity index (χ3n) is 2.63. The van der Waals surface area contributed by atoms with E-state index in [2.05, 4.69) is 10.3 Å². The Morgan fingerprint density at radius 2 is 2.11 bits per heavy atom. The van der Waals surface area contributed by atoms with Gasteiger partial charge in [-0.25, -0.2) is 4.79 Å². The van der Waals surface area contributed by atoms with Crippen LogP contribution in [0, 0.1) is 0 Å². The Morgan fingerprint density at radius 3 is 2.78 bits per heavy atom. The third-order valence-corrected chi connectivity index (χ3v) is 2.63. The minimum atomic E-state index is -1.30. The molecule has 18 heavy (non-hydrogen) atoms. The molecule has 0 saturated carbocycles. The number of hydrogen-bond acceptors (Lipinski definition) is 3. The maximum atomic E-state index is 11.9. The monoisotopic (exact) mass is 248 g/mol. The van der Waals surface area contributed by atoms with Crippen LogP contribution in [0.4, 0.5) is 0 Å². The number of carboxylic acids is 1. The van der Waals surface area contributed by atoms with Crippen LogP contribution in [-0.4, -0.2) is 39.7 Å². The van der Waals surface area contributed by atoms with Gasteiger partial charge < -0.3 is 20.5 Å². The average molecular weight is 248 g/mol. The highest BCUT2D eigenvalue weighted by Crippen LogP contribution is 2.17. The van der Waals surface area contributed by atoms with Crippen LogP contribution < -0.4 is 5.32 Å². The zero-order chi connectivity index (χ0) is 13.1. The number of aromatic amines is 1. The van der Waals surface area contributed by atoms with Crippen molar-refractivity contribution in [3.8, 4) is 0 Å². The van der Waals surface area contributed by atoms with Crippen molar-refractivity contribution in [2.45, 2.75) is 6.04 Å². The van der Waals surface area contributed by atoms with E-state index in [0.717, 1.165) is 5.52 Å². The summed E-state index contributed by atoms with van der Waals surface area (Å²) < 4.78 is 0. The van der Waals surface area contributed by atoms with E-state index in [1.54, 1.807) is 24.4 Å². The van der Waals surface area contributed by atoms with Crippen molar-refractivity contribution in [2.75, 3.05) is 6.61 Å². The Morgan fingerprint density at radius 1 is 1.33 bits per heavy atom. The van der Waals surface area contributed by atoms with Crippen molar-refractivity contribution < 1.29 is 19.8 Å². The Kier molecular flexibility index (Phi) is 3.29. The molecule has 1 heterocycles. The summed E-state index contributed by atoms with van der Waals surface area (Å²) in [5.41, 5.74) is 1.16. The Balaban J connectivity index is 2.28. The standard InChI is InChI=1S/C12H12N2O4/c15-6-10(12(17)18)14-11(16)8-2-1-3-9-7(8)4-5-13-9/h1-5,10,13,15H,6H2,(H,14,16)(H,17,18). The summed E-state index contributed by atoms with van der Waals surface area (Å²) in [7, 11) is 0. The highest BCUT2D eigenvalue weighted by atomic mass is 16.4. The number of rotatable bonds is 4. The first-order valence-corrected chi connectivity index (χ1v) is 5.34. The van der Waals surface area contributed by atoms with Gasteiger partial charge in [0.2, 0.25) is 0 Å². The summed E-state index contributed by atoms with van der Waals surface area (Å²) in [6.45, 7) is -0.649. The second-order valence-corrected chi connectivity index (χ2v) is 3.79. The molecule has 0 radical (unpaired) electrons. The number of H-pyrrole nitrogens is 1. The molecular formula is C12H12N2O4. The maximum absolute atomic E-state index is 11.9. The number of aromatic nitrogens is 1. The first kappa shape index (κ1) is 12.1. The molecule has 0 aliphatic rings. The van der Waals surface area contributed by atoms with Crippen LogP contribution in [0.1, 0.15) is 10.4 Å². The Bertz CT molecular complexity index is 591. The van der Waals surface area contributed by atoms with Gasteiger partial charge in [-0.2, -0.15) is 0 Å². The number of amides is 1. The number of benzene rings is 1. The molecule has 0 saturated heterocycles. The van der Waals surface area contributed by atoms with Gasteiger partial charge in [-0.1, -0.05) is 6.07 Å². The van der Waals surface area contributed by atoms with Gasteiger partial charge in [0, 0.05) is 22.7 Å². The lowest BCUT2D eigenvalue weighted by molar-refractivity contribution is -0.140. The molecular weight excluding hydrogens is 236 g/mol. The molecule has 1 aromatic heterocycles. The van der Waals surface area contributed by atoms with E-state index in [0.29, 0.717) is 10.9 Å². The molecule has 94 valence electrons. The highest BCUT2D eigenvalue weighted by molar-refractivity contribution is 6.07. The van der Waals surface area contributed by atoms with Crippen LogP contribution >= 0.6 is 0 Å². The average Bonchev–Trinajstić information content (AvgIpc) is 2.82. The number of aliphatic carboxylic acids is 1. The maximum Gasteiger partial charge on any atom is 0.328 e. The van der Waals surface area contributed by atoms with Crippen LogP contribution in [0.5, 0.6) is 0 Å². The molecule has 2 rings (SSSR count). The Hall–Kier alpha value is -2.34. The van der Waals surface area contributed by atoms with Gasteiger partial charge in [-0.3, -0.25) is 4.79 Å². The van der Waals surface area contributed by atoms with E-state index in [-0.39, 0.29) is 0 Å². The molecule has 1 aromatic carbocycles. The fourth-order valence-corrected chi connectivity index (χ4v) is 1.70. The number of carboxylic acid groups (broad SMARTS) is 1. The van der Waals surface area contributed by atoms with Gasteiger partial charge in [0.1, 0.15) is 0 Å². The van der Waals surface area contributed by atoms with Crippen LogP contribution in [0.25, 0.3) is 10.9 Å². The van der Waals surface area contributed by atoms with Gasteiger partial charge in [0.25, 0.3) is 5.91 Å². The zero-order valence-corrected chi connectivity index (χ0v) is 9.38. The van der Waals surface area contributed by atoms with Crippen molar-refractivity contribution in [1.29, 1.82) is 0 Å². The number of aliphatic hydroxyl groups is 1. The van der Waals surface area contributed by atoms with Gasteiger partial charge in [0.05, 0.1) is 6.61 Å². The number of aliphatic hydroxyl groups excluding tert-OH is 1. The second kappa shape index (κ2) is 4.89. The van der Waals surface area contributed by atoms with E-state index < -0.39 is 24.5 Å². The second-order valence-electron chi connectivity index (χ2n) is 3.79. The lowest BCUT2D eigenvalue weighted by Gasteiger charge is -2.12. The zero-order valence-electron chi connectivity index (χ0n) is 9.38. The lowest BCUT2D eigenvalue weighted by atomic mass is 10.1. The molecule has 2 aromatic rings. The van der Waals surface area contributed by atoms with Crippen molar-refractivity contribution in [2.24, 2.45) is 0 Å². The van der Waals surface area contributed by atoms with Crippen LogP contribution in [-0.2, 0) is 4.79 Å². The fourth-order valence-electron chi connectivity index (χ4n) is 1.70. The van der Waals surface area contributed by atoms with Crippen molar-refractivity contribution in [3.63, 3.8) is 0 Å². The first-order chi connectivity index (χ1) is 8.63. The smallest absolute Gasteiger partial charge is 0.328 e. The molecule has 1 unspecified atom stereocenters. The molecule has 6 heteroatoms. The molecule has 0 spiro atoms. The predicted octanol–water partition coefficient (Wildman–Crippen LogP) is 0.343. The SMILES string of the molecule is O=C(NC(CO)C(=O)O)c1cccc2[nH]ccc12. The van der Waals surface area contributed by atoms with Gasteiger partial charge in [-0.15, -0.1) is 0 Å². The van der Waals surface area contributed by atoms with Crippen molar-refractivity contribution in [3.05, 3.63) is 36.0 Å². The van der Waals surface area contributed by atoms with Crippen LogP contribution in [0.2, 0.25) is 0 Å². The largest absolute Gasteiger partial charge is 0.480 e. The third kappa shape index (κ3) is 2.18. The van der Waals surface area contributed by atoms with E-state index in [9.17, 15) is 9.59 Å². The van der Waals surface area contributed by atoms with Crippen molar-refractivity contribution in [1.82, 2.24) is 10.3 Å². The number of hydrogen-bond donors (Lipinski definition) is 4. The summed E-state index contributed by atoms with van der Waals surface area (Å²) in [5.74, 6) is -1.80. The van der Waals surface area contributed by atoms with Crippen LogP contribution in [0.15, 0.2) is 30.5 Å². The normalized spacial score (nSPS) is 12.3. The molecule has 0 fully saturated rings. The summed E-state index contributed by atoms with van der Waals surface area (Å²) in [6.07, 6.45) is 1.70. The fraction of sp³-hybridized carbons (Fsp3) is 0.167. The molecule has 0 bridgehead atoms. The molecule has 0 aliphatic carbocycles. The van der Waals surface area contributed by atoms with Gasteiger partial charge in [0.15, 0.2) is 6.04 Å². The van der Waals surface area contributed by atoms with E-state index in [4.69, 9.17) is 10.2 Å². The van der Waals surface area contributed by atoms with E-state index in [1.807, 2.05) is 6.07 Å². The number of nitrogens with one attached hydrogen (secondary N) is 2. The molecule has 1 amide bonds. The van der Waals surface area contributed by atoms with Gasteiger partial charge in [-0.05, 0) is 18.2 Å². The minimum Gasteiger partial charge on any atom is -0.480 e. The number of carbonyl (C=O) groups excluding carboxylic acids is 1. The quantitative estimate of drug-likeness (QED) is 0.626. The van der Waals surface area contributed by atoms with Gasteiger partial charge >= 0.3 is 5.97 Å². The number of fused-ring (bicyclic) bond motifs is 1. The summed E-state index contributed by atoms with van der Waals surface area (Å²) in [6, 6.07) is 5.54. The van der Waals surface area contributed by atoms with Crippen molar-refractivity contribution >= 4 is 22.8 Å². The molecule has 1 atom stereocenters. The number of carbonyl (C=O) groups is 2. The van der Waals surface area contributed by atoms with E-state index >= 15 is 0 Å². The molecule has 6 nitrogen and oxygen atoms in total. The summed E-state index contributed by atoms with van der Waals surface area (Å²) in [4.78, 5) is 25.6.